The fourth-order valence-corrected chi connectivity index (χ4v) is 4.84. The smallest absolute Gasteiger partial charge is 0.0843 e. The zero-order valence-corrected chi connectivity index (χ0v) is 16.7. The van der Waals surface area contributed by atoms with Crippen molar-refractivity contribution >= 4 is 10.9 Å². The van der Waals surface area contributed by atoms with Crippen LogP contribution in [0.5, 0.6) is 0 Å². The topological polar surface area (TPSA) is 37.2 Å². The molecule has 1 heterocycles. The van der Waals surface area contributed by atoms with Crippen LogP contribution in [0, 0.1) is 6.92 Å². The summed E-state index contributed by atoms with van der Waals surface area (Å²) in [5.41, 5.74) is 5.66. The number of aryl methyl sites for hydroxylation is 2. The Hall–Kier alpha value is -1.03. The van der Waals surface area contributed by atoms with E-state index in [4.69, 9.17) is 0 Å². The summed E-state index contributed by atoms with van der Waals surface area (Å²) in [5.74, 6) is 0. The van der Waals surface area contributed by atoms with Gasteiger partial charge in [-0.25, -0.2) is 0 Å². The molecule has 2 aliphatic carbocycles. The van der Waals surface area contributed by atoms with Crippen molar-refractivity contribution in [1.82, 2.24) is 9.88 Å². The second kappa shape index (κ2) is 8.77. The summed E-state index contributed by atoms with van der Waals surface area (Å²) in [6.07, 6.45) is 11.2. The quantitative estimate of drug-likeness (QED) is 0.821. The number of rotatable bonds is 5. The first-order valence-electron chi connectivity index (χ1n) is 10.2. The molecule has 1 aromatic carbocycles. The molecule has 0 bridgehead atoms. The molecule has 4 heteroatoms. The Kier molecular flexibility index (Phi) is 6.65. The minimum absolute atomic E-state index is 0. The maximum atomic E-state index is 10.7. The van der Waals surface area contributed by atoms with Gasteiger partial charge in [0.15, 0.2) is 0 Å². The molecule has 1 fully saturated rings. The molecule has 0 aliphatic heterocycles. The molecule has 0 saturated heterocycles. The number of halogens is 1. The standard InChI is InChI=1S/C22H32N2O.ClH/c1-16-11-12-22-20(13-16)19-9-5-6-10-21(19)24(22)15-18(25)14-23-17-7-3-2-4-8-17;/h11-13,17-18,23,25H,2-10,14-15H2,1H3;1H/p-1. The molecule has 0 amide bonds. The fraction of sp³-hybridized carbons (Fsp3) is 0.636. The first kappa shape index (κ1) is 19.7. The number of nitrogens with zero attached hydrogens (tertiary/aromatic N) is 1. The number of hydrogen-bond donors (Lipinski definition) is 2. The molecular weight excluding hydrogens is 344 g/mol. The summed E-state index contributed by atoms with van der Waals surface area (Å²) in [7, 11) is 0. The maximum absolute atomic E-state index is 10.7. The van der Waals surface area contributed by atoms with Gasteiger partial charge in [-0.2, -0.15) is 0 Å². The summed E-state index contributed by atoms with van der Waals surface area (Å²) >= 11 is 0. The molecule has 1 saturated carbocycles. The third-order valence-corrected chi connectivity index (χ3v) is 6.17. The van der Waals surface area contributed by atoms with Crippen LogP contribution in [0.3, 0.4) is 0 Å². The van der Waals surface area contributed by atoms with Crippen LogP contribution in [0.1, 0.15) is 61.8 Å². The summed E-state index contributed by atoms with van der Waals surface area (Å²) in [5, 5.41) is 15.7. The molecule has 2 aromatic rings. The van der Waals surface area contributed by atoms with Crippen LogP contribution in [-0.4, -0.2) is 28.4 Å². The van der Waals surface area contributed by atoms with Crippen molar-refractivity contribution in [3.05, 3.63) is 35.0 Å². The maximum Gasteiger partial charge on any atom is 0.0843 e. The predicted molar refractivity (Wildman–Crippen MR) is 104 cm³/mol. The van der Waals surface area contributed by atoms with Crippen molar-refractivity contribution in [3.63, 3.8) is 0 Å². The monoisotopic (exact) mass is 375 g/mol. The van der Waals surface area contributed by atoms with Crippen molar-refractivity contribution in [3.8, 4) is 0 Å². The van der Waals surface area contributed by atoms with Gasteiger partial charge >= 0.3 is 0 Å². The number of fused-ring (bicyclic) bond motifs is 3. The molecule has 0 spiro atoms. The average molecular weight is 376 g/mol. The van der Waals surface area contributed by atoms with Crippen LogP contribution < -0.4 is 17.7 Å². The second-order valence-electron chi connectivity index (χ2n) is 8.16. The molecule has 2 aliphatic rings. The van der Waals surface area contributed by atoms with E-state index in [2.05, 4.69) is 35.0 Å². The highest BCUT2D eigenvalue weighted by molar-refractivity contribution is 5.86. The number of benzene rings is 1. The molecule has 2 N–H and O–H groups in total. The summed E-state index contributed by atoms with van der Waals surface area (Å²) in [6.45, 7) is 3.61. The van der Waals surface area contributed by atoms with Crippen LogP contribution in [0.25, 0.3) is 10.9 Å². The van der Waals surface area contributed by atoms with E-state index in [0.29, 0.717) is 19.1 Å². The van der Waals surface area contributed by atoms with E-state index in [1.165, 1.54) is 79.1 Å². The van der Waals surface area contributed by atoms with Crippen molar-refractivity contribution in [1.29, 1.82) is 0 Å². The van der Waals surface area contributed by atoms with Gasteiger partial charge in [0.25, 0.3) is 0 Å². The largest absolute Gasteiger partial charge is 1.00 e. The van der Waals surface area contributed by atoms with E-state index < -0.39 is 0 Å². The summed E-state index contributed by atoms with van der Waals surface area (Å²) in [4.78, 5) is 0. The van der Waals surface area contributed by atoms with E-state index in [1.54, 1.807) is 0 Å². The van der Waals surface area contributed by atoms with Gasteiger partial charge in [-0.05, 0) is 63.1 Å². The SMILES string of the molecule is Cc1ccc2c(c1)c1c(n2CC(O)CNC2CCCCC2)CCCC1.[Cl-]. The van der Waals surface area contributed by atoms with E-state index in [0.717, 1.165) is 6.42 Å². The molecular formula is C22H32ClN2O-. The molecule has 1 aromatic heterocycles. The Morgan fingerprint density at radius 3 is 2.69 bits per heavy atom. The van der Waals surface area contributed by atoms with E-state index >= 15 is 0 Å². The lowest BCUT2D eigenvalue weighted by molar-refractivity contribution is -0.00000724. The third-order valence-electron chi connectivity index (χ3n) is 6.17. The van der Waals surface area contributed by atoms with Gasteiger partial charge in [-0.1, -0.05) is 30.9 Å². The summed E-state index contributed by atoms with van der Waals surface area (Å²) in [6, 6.07) is 7.41. The first-order chi connectivity index (χ1) is 12.2. The zero-order valence-electron chi connectivity index (χ0n) is 15.9. The van der Waals surface area contributed by atoms with Crippen molar-refractivity contribution < 1.29 is 17.5 Å². The van der Waals surface area contributed by atoms with Crippen molar-refractivity contribution in [2.75, 3.05) is 6.54 Å². The minimum atomic E-state index is -0.315. The van der Waals surface area contributed by atoms with Crippen LogP contribution in [-0.2, 0) is 19.4 Å². The van der Waals surface area contributed by atoms with E-state index in [9.17, 15) is 5.11 Å². The molecule has 3 nitrogen and oxygen atoms in total. The molecule has 1 atom stereocenters. The Morgan fingerprint density at radius 2 is 1.88 bits per heavy atom. The van der Waals surface area contributed by atoms with Crippen molar-refractivity contribution in [2.45, 2.75) is 83.4 Å². The predicted octanol–water partition coefficient (Wildman–Crippen LogP) is 1.12. The second-order valence-corrected chi connectivity index (χ2v) is 8.16. The van der Waals surface area contributed by atoms with Crippen LogP contribution >= 0.6 is 0 Å². The van der Waals surface area contributed by atoms with Gasteiger partial charge in [-0.15, -0.1) is 0 Å². The molecule has 26 heavy (non-hydrogen) atoms. The number of hydrogen-bond acceptors (Lipinski definition) is 2. The molecule has 4 rings (SSSR count). The first-order valence-corrected chi connectivity index (χ1v) is 10.2. The lowest BCUT2D eigenvalue weighted by Crippen LogP contribution is -3.00. The lowest BCUT2D eigenvalue weighted by atomic mass is 9.95. The number of aliphatic hydroxyl groups is 1. The molecule has 0 radical (unpaired) electrons. The Bertz CT molecular complexity index is 733. The number of nitrogens with one attached hydrogen (secondary N) is 1. The highest BCUT2D eigenvalue weighted by Gasteiger charge is 2.22. The average Bonchev–Trinajstić information content (AvgIpc) is 2.94. The van der Waals surface area contributed by atoms with Gasteiger partial charge in [0.1, 0.15) is 0 Å². The lowest BCUT2D eigenvalue weighted by Gasteiger charge is -2.25. The van der Waals surface area contributed by atoms with Gasteiger partial charge in [0.05, 0.1) is 12.6 Å². The van der Waals surface area contributed by atoms with E-state index in [-0.39, 0.29) is 18.5 Å². The Morgan fingerprint density at radius 1 is 1.12 bits per heavy atom. The summed E-state index contributed by atoms with van der Waals surface area (Å²) < 4.78 is 2.41. The van der Waals surface area contributed by atoms with Crippen LogP contribution in [0.15, 0.2) is 18.2 Å². The van der Waals surface area contributed by atoms with Gasteiger partial charge in [0, 0.05) is 29.2 Å². The Balaban J connectivity index is 0.00000196. The third kappa shape index (κ3) is 4.11. The van der Waals surface area contributed by atoms with Gasteiger partial charge in [0.2, 0.25) is 0 Å². The normalized spacial score (nSPS) is 19.2. The highest BCUT2D eigenvalue weighted by atomic mass is 35.5. The van der Waals surface area contributed by atoms with Crippen molar-refractivity contribution in [2.24, 2.45) is 0 Å². The van der Waals surface area contributed by atoms with Crippen LogP contribution in [0.4, 0.5) is 0 Å². The van der Waals surface area contributed by atoms with Crippen LogP contribution in [0.2, 0.25) is 0 Å². The Labute approximate surface area is 163 Å². The highest BCUT2D eigenvalue weighted by Crippen LogP contribution is 2.33. The van der Waals surface area contributed by atoms with E-state index in [1.807, 2.05) is 0 Å². The van der Waals surface area contributed by atoms with Gasteiger partial charge in [-0.3, -0.25) is 0 Å². The van der Waals surface area contributed by atoms with Gasteiger partial charge < -0.3 is 27.4 Å². The zero-order chi connectivity index (χ0) is 17.2. The molecule has 144 valence electrons. The number of aromatic nitrogens is 1. The fourth-order valence-electron chi connectivity index (χ4n) is 4.84. The minimum Gasteiger partial charge on any atom is -1.00 e. The number of aliphatic hydroxyl groups excluding tert-OH is 1. The molecule has 1 unspecified atom stereocenters.